The van der Waals surface area contributed by atoms with Gasteiger partial charge in [-0.15, -0.1) is 6.58 Å². The van der Waals surface area contributed by atoms with Gasteiger partial charge in [-0.2, -0.15) is 0 Å². The van der Waals surface area contributed by atoms with Crippen LogP contribution in [0.2, 0.25) is 0 Å². The van der Waals surface area contributed by atoms with Crippen molar-refractivity contribution >= 4 is 44.7 Å². The van der Waals surface area contributed by atoms with Gasteiger partial charge in [0, 0.05) is 35.4 Å². The van der Waals surface area contributed by atoms with E-state index in [-0.39, 0.29) is 19.4 Å². The van der Waals surface area contributed by atoms with Gasteiger partial charge in [0.15, 0.2) is 0 Å². The van der Waals surface area contributed by atoms with E-state index >= 15 is 0 Å². The molecule has 2 aromatic carbocycles. The molecule has 3 aromatic rings. The highest BCUT2D eigenvalue weighted by atomic mass is 32.2. The van der Waals surface area contributed by atoms with Crippen molar-refractivity contribution in [1.29, 1.82) is 0 Å². The lowest BCUT2D eigenvalue weighted by atomic mass is 9.85. The maximum atomic E-state index is 14.5. The second-order valence-corrected chi connectivity index (χ2v) is 16.9. The summed E-state index contributed by atoms with van der Waals surface area (Å²) < 4.78 is 44.6. The van der Waals surface area contributed by atoms with Crippen LogP contribution in [0.3, 0.4) is 0 Å². The van der Waals surface area contributed by atoms with Crippen molar-refractivity contribution in [2.24, 2.45) is 11.3 Å². The summed E-state index contributed by atoms with van der Waals surface area (Å²) in [5.74, 6) is -1.62. The third kappa shape index (κ3) is 7.91. The van der Waals surface area contributed by atoms with Gasteiger partial charge in [0.05, 0.1) is 36.4 Å². The zero-order valence-electron chi connectivity index (χ0n) is 30.7. The Balaban J connectivity index is 1.34. The van der Waals surface area contributed by atoms with E-state index in [9.17, 15) is 27.6 Å². The van der Waals surface area contributed by atoms with Gasteiger partial charge in [0.25, 0.3) is 5.91 Å². The van der Waals surface area contributed by atoms with Crippen LogP contribution in [0.5, 0.6) is 11.5 Å². The topological polar surface area (TPSA) is 182 Å². The first-order valence-electron chi connectivity index (χ1n) is 17.7. The molecule has 14 nitrogen and oxygen atoms in total. The second-order valence-electron chi connectivity index (χ2n) is 14.9. The highest BCUT2D eigenvalue weighted by Gasteiger charge is 2.62. The molecule has 3 aliphatic rings. The number of pyridine rings is 1. The number of methoxy groups -OCH3 is 1. The molecule has 6 rings (SSSR count). The molecule has 3 fully saturated rings. The van der Waals surface area contributed by atoms with Gasteiger partial charge in [0.2, 0.25) is 21.8 Å². The highest BCUT2D eigenvalue weighted by Crippen LogP contribution is 2.46. The number of hydrogen-bond donors (Lipinski definition) is 3. The number of carbonyl (C=O) groups is 4. The van der Waals surface area contributed by atoms with Crippen LogP contribution in [0.15, 0.2) is 80.1 Å². The maximum absolute atomic E-state index is 14.5. The molecule has 3 N–H and O–H groups in total. The summed E-state index contributed by atoms with van der Waals surface area (Å²) in [4.78, 5) is 61.1. The summed E-state index contributed by atoms with van der Waals surface area (Å²) in [6.07, 6.45) is 1.81. The van der Waals surface area contributed by atoms with Crippen LogP contribution in [0.25, 0.3) is 22.2 Å². The molecule has 54 heavy (non-hydrogen) atoms. The molecule has 1 aliphatic heterocycles. The van der Waals surface area contributed by atoms with Gasteiger partial charge in [-0.25, -0.2) is 18.2 Å². The highest BCUT2D eigenvalue weighted by molar-refractivity contribution is 7.91. The average molecular weight is 760 g/mol. The molecule has 286 valence electrons. The van der Waals surface area contributed by atoms with E-state index in [1.54, 1.807) is 46.1 Å². The number of likely N-dealkylation sites (tertiary alicyclic amines) is 1. The molecule has 2 heterocycles. The van der Waals surface area contributed by atoms with E-state index in [0.717, 1.165) is 11.8 Å². The van der Waals surface area contributed by atoms with E-state index in [2.05, 4.69) is 28.5 Å². The lowest BCUT2D eigenvalue weighted by molar-refractivity contribution is -0.142. The number of rotatable bonds is 13. The third-order valence-corrected chi connectivity index (χ3v) is 11.8. The fraction of sp³-hybridized carbons (Fsp3) is 0.410. The number of amides is 4. The summed E-state index contributed by atoms with van der Waals surface area (Å²) in [6.45, 7) is 12.4. The van der Waals surface area contributed by atoms with Gasteiger partial charge in [0.1, 0.15) is 35.2 Å². The largest absolute Gasteiger partial charge is 0.497 e. The van der Waals surface area contributed by atoms with Crippen molar-refractivity contribution < 1.29 is 41.8 Å². The fourth-order valence-electron chi connectivity index (χ4n) is 6.77. The number of fused-ring (bicyclic) bond motifs is 1. The second kappa shape index (κ2) is 14.8. The average Bonchev–Trinajstić information content (AvgIpc) is 4.06. The Morgan fingerprint density at radius 2 is 1.78 bits per heavy atom. The minimum absolute atomic E-state index is 0.00299. The molecular weight excluding hydrogens is 715 g/mol. The van der Waals surface area contributed by atoms with Crippen LogP contribution < -0.4 is 24.8 Å². The number of hydrogen-bond acceptors (Lipinski definition) is 10. The van der Waals surface area contributed by atoms with Crippen molar-refractivity contribution in [1.82, 2.24) is 25.2 Å². The summed E-state index contributed by atoms with van der Waals surface area (Å²) in [6, 6.07) is 14.4. The van der Waals surface area contributed by atoms with Gasteiger partial charge in [-0.05, 0) is 36.8 Å². The van der Waals surface area contributed by atoms with Crippen molar-refractivity contribution in [3.8, 4) is 22.8 Å². The van der Waals surface area contributed by atoms with E-state index in [1.165, 1.54) is 11.0 Å². The van der Waals surface area contributed by atoms with E-state index < -0.39 is 74.1 Å². The van der Waals surface area contributed by atoms with Crippen LogP contribution in [0.1, 0.15) is 46.5 Å². The van der Waals surface area contributed by atoms with Crippen molar-refractivity contribution in [2.75, 3.05) is 13.7 Å². The molecule has 15 heteroatoms. The number of ether oxygens (including phenoxy) is 3. The Hall–Kier alpha value is -5.44. The molecule has 4 amide bonds. The molecule has 1 saturated heterocycles. The van der Waals surface area contributed by atoms with Gasteiger partial charge < -0.3 is 29.7 Å². The quantitative estimate of drug-likeness (QED) is 0.169. The number of nitrogens with zero attached hydrogens (tertiary/aromatic N) is 2. The van der Waals surface area contributed by atoms with Crippen molar-refractivity contribution in [2.45, 2.75) is 75.4 Å². The number of sulfonamides is 1. The molecule has 0 spiro atoms. The predicted molar refractivity (Wildman–Crippen MR) is 201 cm³/mol. The molecule has 1 aromatic heterocycles. The number of carbonyl (C=O) groups excluding carboxylic acids is 4. The van der Waals surface area contributed by atoms with Crippen molar-refractivity contribution in [3.63, 3.8) is 0 Å². The lowest BCUT2D eigenvalue weighted by Gasteiger charge is -2.35. The summed E-state index contributed by atoms with van der Waals surface area (Å²) in [5.41, 5.74) is -0.351. The number of nitrogens with one attached hydrogen (secondary N) is 3. The number of benzene rings is 2. The zero-order chi connectivity index (χ0) is 39.0. The molecular formula is C39H45N5O9S. The van der Waals surface area contributed by atoms with Crippen molar-refractivity contribution in [3.05, 3.63) is 80.1 Å². The Labute approximate surface area is 314 Å². The summed E-state index contributed by atoms with van der Waals surface area (Å²) in [7, 11) is -2.36. The first-order valence-corrected chi connectivity index (χ1v) is 19.2. The monoisotopic (exact) mass is 759 g/mol. The predicted octanol–water partition coefficient (Wildman–Crippen LogP) is 4.21. The minimum Gasteiger partial charge on any atom is -0.497 e. The molecule has 5 unspecified atom stereocenters. The molecule has 0 radical (unpaired) electrons. The Morgan fingerprint density at radius 1 is 1.06 bits per heavy atom. The zero-order valence-corrected chi connectivity index (χ0v) is 31.5. The summed E-state index contributed by atoms with van der Waals surface area (Å²) >= 11 is 0. The smallest absolute Gasteiger partial charge is 0.412 e. The van der Waals surface area contributed by atoms with E-state index in [1.807, 2.05) is 36.4 Å². The van der Waals surface area contributed by atoms with Crippen LogP contribution >= 0.6 is 0 Å². The van der Waals surface area contributed by atoms with Gasteiger partial charge in [-0.1, -0.05) is 63.8 Å². The van der Waals surface area contributed by atoms with Crippen LogP contribution in [-0.2, 0) is 29.1 Å². The number of alkyl carbamates (subject to hydrolysis) is 1. The first kappa shape index (κ1) is 38.3. The fourth-order valence-corrected chi connectivity index (χ4v) is 8.14. The molecule has 0 bridgehead atoms. The van der Waals surface area contributed by atoms with Gasteiger partial charge >= 0.3 is 6.09 Å². The lowest BCUT2D eigenvalue weighted by Crippen LogP contribution is -2.60. The van der Waals surface area contributed by atoms with Crippen LogP contribution in [-0.4, -0.2) is 84.7 Å². The Morgan fingerprint density at radius 3 is 2.39 bits per heavy atom. The maximum Gasteiger partial charge on any atom is 0.412 e. The third-order valence-electron chi connectivity index (χ3n) is 10.0. The number of aromatic nitrogens is 1. The molecule has 2 saturated carbocycles. The van der Waals surface area contributed by atoms with Crippen LogP contribution in [0.4, 0.5) is 4.79 Å². The first-order chi connectivity index (χ1) is 25.6. The minimum atomic E-state index is -3.92. The van der Waals surface area contributed by atoms with Gasteiger partial charge in [-0.3, -0.25) is 19.1 Å². The molecule has 5 atom stereocenters. The van der Waals surface area contributed by atoms with Crippen LogP contribution in [0, 0.1) is 11.3 Å². The molecule has 2 aliphatic carbocycles. The SMILES string of the molecule is C=COC(=O)NC(C(=O)N1CC(Oc2cc(-c3ccccc3)nc3cc(OC)ccc23)CC1C(=O)NC1(C(=O)NS(=O)(=O)C2CC2)CC1C=C)C(C)(C)C. The normalized spacial score (nSPS) is 22.7. The van der Waals surface area contributed by atoms with E-state index in [0.29, 0.717) is 40.9 Å². The summed E-state index contributed by atoms with van der Waals surface area (Å²) in [5, 5.41) is 5.40. The van der Waals surface area contributed by atoms with E-state index in [4.69, 9.17) is 19.2 Å². The standard InChI is InChI=1S/C39H45N5O9S/c1-7-24-21-39(24,36(47)43-54(49,50)27-15-16-27)42-34(45)31-19-26(22-44(31)35(46)33(38(3,4)5)41-37(48)52-8-2)53-32-20-29(23-12-10-9-11-13-23)40-30-18-25(51-6)14-17-28(30)32/h7-14,17-18,20,24,26-27,31,33H,1-2,15-16,19,21-22H2,3-6H3,(H,41,48)(H,42,45)(H,43,47). The Bertz CT molecular complexity index is 2100. The Kier molecular flexibility index (Phi) is 10.5.